The fourth-order valence-electron chi connectivity index (χ4n) is 0.612. The summed E-state index contributed by atoms with van der Waals surface area (Å²) in [7, 11) is 0. The van der Waals surface area contributed by atoms with Gasteiger partial charge in [0.15, 0.2) is 0 Å². The summed E-state index contributed by atoms with van der Waals surface area (Å²) in [6.07, 6.45) is 6.01. The second kappa shape index (κ2) is 5.90. The molecule has 0 aromatic heterocycles. The highest BCUT2D eigenvalue weighted by atomic mass is 35.5. The lowest BCUT2D eigenvalue weighted by Crippen LogP contribution is -1.74. The van der Waals surface area contributed by atoms with Crippen molar-refractivity contribution < 1.29 is 0 Å². The SMILES string of the molecule is C=CCC(C)=CCCCl. The lowest BCUT2D eigenvalue weighted by atomic mass is 10.2. The maximum atomic E-state index is 5.48. The third kappa shape index (κ3) is 5.64. The normalized spacial score (nSPS) is 11.6. The van der Waals surface area contributed by atoms with Crippen LogP contribution >= 0.6 is 11.6 Å². The highest BCUT2D eigenvalue weighted by molar-refractivity contribution is 6.17. The van der Waals surface area contributed by atoms with Gasteiger partial charge in [-0.1, -0.05) is 17.7 Å². The Morgan fingerprint density at radius 1 is 1.67 bits per heavy atom. The average Bonchev–Trinajstić information content (AvgIpc) is 1.85. The monoisotopic (exact) mass is 144 g/mol. The number of allylic oxidation sites excluding steroid dienone is 3. The van der Waals surface area contributed by atoms with Crippen LogP contribution < -0.4 is 0 Å². The molecule has 0 nitrogen and oxygen atoms in total. The van der Waals surface area contributed by atoms with Gasteiger partial charge in [-0.2, -0.15) is 0 Å². The summed E-state index contributed by atoms with van der Waals surface area (Å²) in [6, 6.07) is 0. The first-order valence-corrected chi connectivity index (χ1v) is 3.67. The fourth-order valence-corrected chi connectivity index (χ4v) is 0.721. The van der Waals surface area contributed by atoms with Gasteiger partial charge in [-0.15, -0.1) is 18.2 Å². The summed E-state index contributed by atoms with van der Waals surface area (Å²) in [5, 5.41) is 0. The average molecular weight is 145 g/mol. The molecule has 0 fully saturated rings. The van der Waals surface area contributed by atoms with Gasteiger partial charge in [0.1, 0.15) is 0 Å². The predicted octanol–water partition coefficient (Wildman–Crippen LogP) is 3.14. The van der Waals surface area contributed by atoms with Crippen molar-refractivity contribution in [3.05, 3.63) is 24.3 Å². The van der Waals surface area contributed by atoms with Crippen LogP contribution in [0.25, 0.3) is 0 Å². The van der Waals surface area contributed by atoms with Gasteiger partial charge < -0.3 is 0 Å². The van der Waals surface area contributed by atoms with E-state index in [1.54, 1.807) is 0 Å². The molecule has 0 unspecified atom stereocenters. The van der Waals surface area contributed by atoms with Gasteiger partial charge in [-0.05, 0) is 19.8 Å². The van der Waals surface area contributed by atoms with E-state index in [1.807, 2.05) is 6.08 Å². The maximum Gasteiger partial charge on any atom is 0.0258 e. The van der Waals surface area contributed by atoms with Crippen molar-refractivity contribution in [3.8, 4) is 0 Å². The molecule has 0 rings (SSSR count). The highest BCUT2D eigenvalue weighted by Crippen LogP contribution is 2.01. The molecule has 0 aromatic rings. The van der Waals surface area contributed by atoms with E-state index in [9.17, 15) is 0 Å². The van der Waals surface area contributed by atoms with Gasteiger partial charge >= 0.3 is 0 Å². The third-order valence-corrected chi connectivity index (χ3v) is 1.29. The summed E-state index contributed by atoms with van der Waals surface area (Å²) >= 11 is 5.48. The first kappa shape index (κ1) is 8.77. The van der Waals surface area contributed by atoms with Crippen molar-refractivity contribution in [2.24, 2.45) is 0 Å². The lowest BCUT2D eigenvalue weighted by molar-refractivity contribution is 1.13. The van der Waals surface area contributed by atoms with Gasteiger partial charge in [0.25, 0.3) is 0 Å². The Kier molecular flexibility index (Phi) is 5.75. The Hall–Kier alpha value is -0.230. The van der Waals surface area contributed by atoms with Crippen molar-refractivity contribution >= 4 is 11.6 Å². The highest BCUT2D eigenvalue weighted by Gasteiger charge is 1.82. The Labute approximate surface area is 62.2 Å². The van der Waals surface area contributed by atoms with E-state index in [-0.39, 0.29) is 0 Å². The summed E-state index contributed by atoms with van der Waals surface area (Å²) in [5.41, 5.74) is 1.35. The quantitative estimate of drug-likeness (QED) is 0.420. The number of rotatable bonds is 4. The smallest absolute Gasteiger partial charge is 0.0258 e. The number of alkyl halides is 1. The zero-order chi connectivity index (χ0) is 7.11. The number of hydrogen-bond donors (Lipinski definition) is 0. The summed E-state index contributed by atoms with van der Waals surface area (Å²) in [6.45, 7) is 5.73. The van der Waals surface area contributed by atoms with Crippen molar-refractivity contribution in [2.75, 3.05) is 5.88 Å². The van der Waals surface area contributed by atoms with E-state index >= 15 is 0 Å². The molecule has 52 valence electrons. The molecule has 0 aliphatic carbocycles. The van der Waals surface area contributed by atoms with Crippen LogP contribution in [0.1, 0.15) is 19.8 Å². The minimum atomic E-state index is 0.717. The van der Waals surface area contributed by atoms with Crippen LogP contribution in [-0.4, -0.2) is 5.88 Å². The predicted molar refractivity (Wildman–Crippen MR) is 43.9 cm³/mol. The Morgan fingerprint density at radius 2 is 2.33 bits per heavy atom. The molecule has 0 aliphatic rings. The van der Waals surface area contributed by atoms with E-state index in [0.717, 1.165) is 12.8 Å². The molecule has 0 radical (unpaired) electrons. The van der Waals surface area contributed by atoms with Crippen LogP contribution in [0.3, 0.4) is 0 Å². The van der Waals surface area contributed by atoms with E-state index < -0.39 is 0 Å². The summed E-state index contributed by atoms with van der Waals surface area (Å²) < 4.78 is 0. The number of hydrogen-bond acceptors (Lipinski definition) is 0. The minimum Gasteiger partial charge on any atom is -0.126 e. The van der Waals surface area contributed by atoms with Crippen molar-refractivity contribution in [2.45, 2.75) is 19.8 Å². The van der Waals surface area contributed by atoms with Crippen molar-refractivity contribution in [1.82, 2.24) is 0 Å². The Balaban J connectivity index is 3.42. The zero-order valence-corrected chi connectivity index (χ0v) is 6.62. The van der Waals surface area contributed by atoms with Crippen LogP contribution in [0, 0.1) is 0 Å². The molecule has 0 N–H and O–H groups in total. The van der Waals surface area contributed by atoms with Gasteiger partial charge in [0, 0.05) is 5.88 Å². The molecule has 0 aromatic carbocycles. The van der Waals surface area contributed by atoms with Crippen molar-refractivity contribution in [1.29, 1.82) is 0 Å². The fraction of sp³-hybridized carbons (Fsp3) is 0.500. The molecule has 0 atom stereocenters. The molecule has 0 heterocycles. The second-order valence-electron chi connectivity index (χ2n) is 2.02. The van der Waals surface area contributed by atoms with Gasteiger partial charge in [-0.25, -0.2) is 0 Å². The molecule has 0 bridgehead atoms. The van der Waals surface area contributed by atoms with Crippen LogP contribution in [-0.2, 0) is 0 Å². The maximum absolute atomic E-state index is 5.48. The molecule has 0 spiro atoms. The van der Waals surface area contributed by atoms with Crippen LogP contribution in [0.15, 0.2) is 24.3 Å². The van der Waals surface area contributed by atoms with Crippen molar-refractivity contribution in [3.63, 3.8) is 0 Å². The molecular weight excluding hydrogens is 132 g/mol. The third-order valence-electron chi connectivity index (χ3n) is 1.07. The molecule has 1 heteroatoms. The molecule has 0 aliphatic heterocycles. The first-order valence-electron chi connectivity index (χ1n) is 3.13. The lowest BCUT2D eigenvalue weighted by Gasteiger charge is -1.91. The molecule has 0 saturated heterocycles. The Morgan fingerprint density at radius 3 is 2.78 bits per heavy atom. The molecular formula is C8H13Cl. The van der Waals surface area contributed by atoms with E-state index in [1.165, 1.54) is 5.57 Å². The second-order valence-corrected chi connectivity index (χ2v) is 2.40. The molecule has 0 saturated carbocycles. The zero-order valence-electron chi connectivity index (χ0n) is 5.86. The van der Waals surface area contributed by atoms with Crippen LogP contribution in [0.5, 0.6) is 0 Å². The minimum absolute atomic E-state index is 0.717. The van der Waals surface area contributed by atoms with Gasteiger partial charge in [0.05, 0.1) is 0 Å². The Bertz CT molecular complexity index is 103. The standard InChI is InChI=1S/C8H13Cl/c1-3-5-8(2)6-4-7-9/h3,6H,1,4-5,7H2,2H3. The topological polar surface area (TPSA) is 0 Å². The summed E-state index contributed by atoms with van der Waals surface area (Å²) in [4.78, 5) is 0. The van der Waals surface area contributed by atoms with E-state index in [0.29, 0.717) is 5.88 Å². The first-order chi connectivity index (χ1) is 4.31. The van der Waals surface area contributed by atoms with Gasteiger partial charge in [0.2, 0.25) is 0 Å². The van der Waals surface area contributed by atoms with Crippen LogP contribution in [0.4, 0.5) is 0 Å². The largest absolute Gasteiger partial charge is 0.126 e. The molecule has 0 amide bonds. The molecule has 9 heavy (non-hydrogen) atoms. The van der Waals surface area contributed by atoms with E-state index in [2.05, 4.69) is 19.6 Å². The summed E-state index contributed by atoms with van der Waals surface area (Å²) in [5.74, 6) is 0.717. The van der Waals surface area contributed by atoms with Crippen LogP contribution in [0.2, 0.25) is 0 Å². The van der Waals surface area contributed by atoms with Gasteiger partial charge in [-0.3, -0.25) is 0 Å². The number of halogens is 1. The van der Waals surface area contributed by atoms with E-state index in [4.69, 9.17) is 11.6 Å².